The van der Waals surface area contributed by atoms with Gasteiger partial charge < -0.3 is 9.84 Å². The van der Waals surface area contributed by atoms with Crippen LogP contribution in [0, 0.1) is 0 Å². The Kier molecular flexibility index (Phi) is 4.42. The van der Waals surface area contributed by atoms with Crippen molar-refractivity contribution in [2.24, 2.45) is 0 Å². The van der Waals surface area contributed by atoms with E-state index in [-0.39, 0.29) is 6.61 Å². The zero-order chi connectivity index (χ0) is 13.0. The molecule has 1 aromatic carbocycles. The number of nitrogens with zero attached hydrogens (tertiary/aromatic N) is 1. The summed E-state index contributed by atoms with van der Waals surface area (Å²) in [6, 6.07) is 8.85. The van der Waals surface area contributed by atoms with Gasteiger partial charge in [0.25, 0.3) is 0 Å². The molecule has 0 aliphatic carbocycles. The van der Waals surface area contributed by atoms with E-state index in [4.69, 9.17) is 33.0 Å². The molecule has 3 nitrogen and oxygen atoms in total. The van der Waals surface area contributed by atoms with E-state index in [2.05, 4.69) is 4.98 Å². The predicted molar refractivity (Wildman–Crippen MR) is 71.0 cm³/mol. The van der Waals surface area contributed by atoms with Crippen molar-refractivity contribution in [3.63, 3.8) is 0 Å². The van der Waals surface area contributed by atoms with Crippen LogP contribution in [0.4, 0.5) is 0 Å². The van der Waals surface area contributed by atoms with E-state index < -0.39 is 0 Å². The van der Waals surface area contributed by atoms with E-state index in [1.807, 2.05) is 12.1 Å². The van der Waals surface area contributed by atoms with Gasteiger partial charge in [0.2, 0.25) is 0 Å². The first kappa shape index (κ1) is 13.1. The molecule has 0 fully saturated rings. The van der Waals surface area contributed by atoms with E-state index >= 15 is 0 Å². The predicted octanol–water partition coefficient (Wildman–Crippen LogP) is 3.46. The first-order valence-corrected chi connectivity index (χ1v) is 6.08. The Hall–Kier alpha value is -1.29. The monoisotopic (exact) mass is 283 g/mol. The van der Waals surface area contributed by atoms with Crippen molar-refractivity contribution in [1.29, 1.82) is 0 Å². The number of pyridine rings is 1. The lowest BCUT2D eigenvalue weighted by atomic mass is 10.2. The minimum atomic E-state index is -0.0829. The number of aliphatic hydroxyl groups is 1. The van der Waals surface area contributed by atoms with Crippen LogP contribution < -0.4 is 4.74 Å². The Balaban J connectivity index is 2.04. The van der Waals surface area contributed by atoms with Crippen LogP contribution in [0.15, 0.2) is 36.5 Å². The average Bonchev–Trinajstić information content (AvgIpc) is 2.41. The maximum Gasteiger partial charge on any atom is 0.138 e. The first-order valence-electron chi connectivity index (χ1n) is 5.32. The number of rotatable bonds is 4. The molecule has 0 unspecified atom stereocenters. The van der Waals surface area contributed by atoms with Gasteiger partial charge in [-0.25, -0.2) is 0 Å². The molecule has 1 aromatic heterocycles. The fourth-order valence-electron chi connectivity index (χ4n) is 1.41. The minimum absolute atomic E-state index is 0.0829. The van der Waals surface area contributed by atoms with Crippen molar-refractivity contribution in [2.45, 2.75) is 13.2 Å². The molecule has 2 rings (SSSR count). The van der Waals surface area contributed by atoms with E-state index in [1.165, 1.54) is 0 Å². The maximum absolute atomic E-state index is 8.87. The van der Waals surface area contributed by atoms with Gasteiger partial charge in [-0.05, 0) is 18.2 Å². The van der Waals surface area contributed by atoms with E-state index in [1.54, 1.807) is 24.4 Å². The molecule has 18 heavy (non-hydrogen) atoms. The highest BCUT2D eigenvalue weighted by atomic mass is 35.5. The third-order valence-electron chi connectivity index (χ3n) is 2.39. The number of hydrogen-bond donors (Lipinski definition) is 1. The van der Waals surface area contributed by atoms with Gasteiger partial charge in [-0.1, -0.05) is 35.3 Å². The van der Waals surface area contributed by atoms with Gasteiger partial charge >= 0.3 is 0 Å². The molecule has 0 aliphatic rings. The molecule has 1 N–H and O–H groups in total. The topological polar surface area (TPSA) is 42.4 Å². The lowest BCUT2D eigenvalue weighted by Gasteiger charge is -2.08. The largest absolute Gasteiger partial charge is 0.487 e. The van der Waals surface area contributed by atoms with Crippen LogP contribution in [0.1, 0.15) is 11.3 Å². The third-order valence-corrected chi connectivity index (χ3v) is 3.24. The van der Waals surface area contributed by atoms with E-state index in [0.29, 0.717) is 28.1 Å². The highest BCUT2D eigenvalue weighted by molar-refractivity contribution is 6.42. The van der Waals surface area contributed by atoms with Crippen molar-refractivity contribution in [3.8, 4) is 5.75 Å². The van der Waals surface area contributed by atoms with Crippen molar-refractivity contribution in [1.82, 2.24) is 4.98 Å². The number of aromatic nitrogens is 1. The lowest BCUT2D eigenvalue weighted by molar-refractivity contribution is 0.275. The van der Waals surface area contributed by atoms with Gasteiger partial charge in [-0.3, -0.25) is 4.98 Å². The van der Waals surface area contributed by atoms with Crippen LogP contribution in [-0.2, 0) is 13.2 Å². The number of benzene rings is 1. The van der Waals surface area contributed by atoms with Crippen molar-refractivity contribution in [2.75, 3.05) is 0 Å². The molecular formula is C13H11Cl2NO2. The van der Waals surface area contributed by atoms with E-state index in [0.717, 1.165) is 5.56 Å². The summed E-state index contributed by atoms with van der Waals surface area (Å²) in [6.45, 7) is 0.236. The SMILES string of the molecule is OCc1ccc(OCc2cccc(Cl)c2Cl)cn1. The van der Waals surface area contributed by atoms with Crippen LogP contribution in [0.5, 0.6) is 5.75 Å². The third kappa shape index (κ3) is 3.13. The molecule has 2 aromatic rings. The summed E-state index contributed by atoms with van der Waals surface area (Å²) in [5.41, 5.74) is 1.42. The van der Waals surface area contributed by atoms with Gasteiger partial charge in [0.05, 0.1) is 28.5 Å². The smallest absolute Gasteiger partial charge is 0.138 e. The summed E-state index contributed by atoms with van der Waals surface area (Å²) in [5.74, 6) is 0.614. The minimum Gasteiger partial charge on any atom is -0.487 e. The molecule has 5 heteroatoms. The quantitative estimate of drug-likeness (QED) is 0.934. The molecular weight excluding hydrogens is 273 g/mol. The number of aliphatic hydroxyl groups excluding tert-OH is 1. The zero-order valence-electron chi connectivity index (χ0n) is 9.44. The van der Waals surface area contributed by atoms with Gasteiger partial charge in [-0.2, -0.15) is 0 Å². The normalized spacial score (nSPS) is 10.4. The Bertz CT molecular complexity index is 529. The molecule has 0 saturated carbocycles. The molecule has 0 bridgehead atoms. The Morgan fingerprint density at radius 2 is 2.00 bits per heavy atom. The van der Waals surface area contributed by atoms with Crippen LogP contribution in [0.2, 0.25) is 10.0 Å². The van der Waals surface area contributed by atoms with Crippen LogP contribution in [-0.4, -0.2) is 10.1 Å². The summed E-state index contributed by atoms with van der Waals surface area (Å²) < 4.78 is 5.54. The number of hydrogen-bond acceptors (Lipinski definition) is 3. The Morgan fingerprint density at radius 3 is 2.67 bits per heavy atom. The zero-order valence-corrected chi connectivity index (χ0v) is 10.9. The molecule has 0 atom stereocenters. The summed E-state index contributed by atoms with van der Waals surface area (Å²) in [6.07, 6.45) is 1.56. The van der Waals surface area contributed by atoms with E-state index in [9.17, 15) is 0 Å². The average molecular weight is 284 g/mol. The van der Waals surface area contributed by atoms with Crippen LogP contribution in [0.25, 0.3) is 0 Å². The van der Waals surface area contributed by atoms with Gasteiger partial charge in [0.15, 0.2) is 0 Å². The molecule has 1 heterocycles. The molecule has 0 amide bonds. The van der Waals surface area contributed by atoms with Gasteiger partial charge in [0.1, 0.15) is 12.4 Å². The summed E-state index contributed by atoms with van der Waals surface area (Å²) >= 11 is 12.0. The molecule has 0 saturated heterocycles. The fraction of sp³-hybridized carbons (Fsp3) is 0.154. The first-order chi connectivity index (χ1) is 8.70. The fourth-order valence-corrected chi connectivity index (χ4v) is 1.79. The second-order valence-electron chi connectivity index (χ2n) is 3.64. The highest BCUT2D eigenvalue weighted by Gasteiger charge is 2.05. The maximum atomic E-state index is 8.87. The van der Waals surface area contributed by atoms with Crippen molar-refractivity contribution < 1.29 is 9.84 Å². The number of ether oxygens (including phenoxy) is 1. The Morgan fingerprint density at radius 1 is 1.17 bits per heavy atom. The van der Waals surface area contributed by atoms with Crippen molar-refractivity contribution >= 4 is 23.2 Å². The second kappa shape index (κ2) is 6.05. The van der Waals surface area contributed by atoms with Gasteiger partial charge in [0, 0.05) is 5.56 Å². The lowest BCUT2D eigenvalue weighted by Crippen LogP contribution is -1.97. The molecule has 0 spiro atoms. The number of halogens is 2. The standard InChI is InChI=1S/C13H11Cl2NO2/c14-12-3-1-2-9(13(12)15)8-18-11-5-4-10(7-17)16-6-11/h1-6,17H,7-8H2. The van der Waals surface area contributed by atoms with Crippen molar-refractivity contribution in [3.05, 3.63) is 57.8 Å². The molecule has 0 radical (unpaired) electrons. The summed E-state index contributed by atoms with van der Waals surface area (Å²) in [4.78, 5) is 4.02. The molecule has 94 valence electrons. The van der Waals surface area contributed by atoms with Crippen LogP contribution in [0.3, 0.4) is 0 Å². The van der Waals surface area contributed by atoms with Gasteiger partial charge in [-0.15, -0.1) is 0 Å². The highest BCUT2D eigenvalue weighted by Crippen LogP contribution is 2.26. The Labute approximate surface area is 115 Å². The molecule has 0 aliphatic heterocycles. The summed E-state index contributed by atoms with van der Waals surface area (Å²) in [7, 11) is 0. The summed E-state index contributed by atoms with van der Waals surface area (Å²) in [5, 5.41) is 9.87. The second-order valence-corrected chi connectivity index (χ2v) is 4.43. The van der Waals surface area contributed by atoms with Crippen LogP contribution >= 0.6 is 23.2 Å².